The molecule has 0 amide bonds. The first-order valence-corrected chi connectivity index (χ1v) is 8.11. The van der Waals surface area contributed by atoms with Crippen LogP contribution < -0.4 is 0 Å². The molecular weight excluding hydrogens is 240 g/mol. The van der Waals surface area contributed by atoms with E-state index in [0.717, 1.165) is 23.7 Å². The molecule has 20 heavy (non-hydrogen) atoms. The van der Waals surface area contributed by atoms with Crippen LogP contribution in [0.1, 0.15) is 71.6 Å². The second kappa shape index (κ2) is 3.97. The molecule has 100 valence electrons. The highest BCUT2D eigenvalue weighted by molar-refractivity contribution is 5.48. The van der Waals surface area contributed by atoms with Crippen LogP contribution in [-0.4, -0.2) is 0 Å². The SMILES string of the molecule is c1ccc2c(c1)[C@H]1CC[C@H]1c1ccccc1[C@H]1CC[C@@H]21. The molecule has 2 aromatic rings. The van der Waals surface area contributed by atoms with E-state index >= 15 is 0 Å². The Morgan fingerprint density at radius 3 is 0.900 bits per heavy atom. The van der Waals surface area contributed by atoms with Crippen LogP contribution in [0.5, 0.6) is 0 Å². The monoisotopic (exact) mass is 260 g/mol. The van der Waals surface area contributed by atoms with E-state index in [1.54, 1.807) is 22.3 Å². The number of benzene rings is 2. The quantitative estimate of drug-likeness (QED) is 0.601. The zero-order valence-corrected chi connectivity index (χ0v) is 11.8. The Morgan fingerprint density at radius 2 is 0.700 bits per heavy atom. The molecule has 0 N–H and O–H groups in total. The fourth-order valence-electron chi connectivity index (χ4n) is 4.86. The molecular formula is C20H20. The molecule has 0 aromatic heterocycles. The number of rotatable bonds is 0. The molecule has 4 atom stereocenters. The molecule has 2 fully saturated rings. The summed E-state index contributed by atoms with van der Waals surface area (Å²) in [6.45, 7) is 0. The van der Waals surface area contributed by atoms with Gasteiger partial charge < -0.3 is 0 Å². The van der Waals surface area contributed by atoms with Crippen molar-refractivity contribution >= 4 is 0 Å². The number of hydrogen-bond acceptors (Lipinski definition) is 0. The van der Waals surface area contributed by atoms with Crippen LogP contribution in [-0.2, 0) is 0 Å². The molecule has 0 nitrogen and oxygen atoms in total. The van der Waals surface area contributed by atoms with Crippen LogP contribution in [0.15, 0.2) is 48.5 Å². The lowest BCUT2D eigenvalue weighted by atomic mass is 9.56. The predicted octanol–water partition coefficient (Wildman–Crippen LogP) is 5.32. The topological polar surface area (TPSA) is 0 Å². The van der Waals surface area contributed by atoms with Gasteiger partial charge in [0.2, 0.25) is 0 Å². The molecule has 5 rings (SSSR count). The standard InChI is InChI=1S/C20H20/c1-2-6-14-13(5-1)17-9-10-19(17)15-7-3-4-8-16(15)20-12-11-18(14)20/h1-8,17-20H,9-12H2/t17-,18+,19+,20-. The minimum Gasteiger partial charge on any atom is -0.0620 e. The van der Waals surface area contributed by atoms with Crippen molar-refractivity contribution in [3.8, 4) is 0 Å². The Labute approximate surface area is 120 Å². The maximum Gasteiger partial charge on any atom is -0.00899 e. The van der Waals surface area contributed by atoms with E-state index in [-0.39, 0.29) is 0 Å². The number of fused-ring (bicyclic) bond motifs is 8. The lowest BCUT2D eigenvalue weighted by Crippen LogP contribution is -2.32. The maximum absolute atomic E-state index is 2.41. The van der Waals surface area contributed by atoms with Crippen molar-refractivity contribution in [2.24, 2.45) is 0 Å². The zero-order chi connectivity index (χ0) is 13.1. The van der Waals surface area contributed by atoms with Crippen molar-refractivity contribution in [1.29, 1.82) is 0 Å². The van der Waals surface area contributed by atoms with Crippen molar-refractivity contribution in [2.45, 2.75) is 49.4 Å². The molecule has 3 aliphatic carbocycles. The lowest BCUT2D eigenvalue weighted by molar-refractivity contribution is 0.294. The summed E-state index contributed by atoms with van der Waals surface area (Å²) >= 11 is 0. The summed E-state index contributed by atoms with van der Waals surface area (Å²) in [5.41, 5.74) is 6.70. The third-order valence-corrected chi connectivity index (χ3v) is 6.14. The van der Waals surface area contributed by atoms with Gasteiger partial charge in [-0.25, -0.2) is 0 Å². The van der Waals surface area contributed by atoms with E-state index in [0.29, 0.717) is 0 Å². The van der Waals surface area contributed by atoms with E-state index in [4.69, 9.17) is 0 Å². The summed E-state index contributed by atoms with van der Waals surface area (Å²) in [6.07, 6.45) is 5.53. The summed E-state index contributed by atoms with van der Waals surface area (Å²) in [4.78, 5) is 0. The molecule has 2 saturated carbocycles. The van der Waals surface area contributed by atoms with Crippen LogP contribution in [0.4, 0.5) is 0 Å². The Morgan fingerprint density at radius 1 is 0.450 bits per heavy atom. The molecule has 0 spiro atoms. The third-order valence-electron chi connectivity index (χ3n) is 6.14. The van der Waals surface area contributed by atoms with Gasteiger partial charge in [0.15, 0.2) is 0 Å². The van der Waals surface area contributed by atoms with Crippen LogP contribution in [0.2, 0.25) is 0 Å². The Bertz CT molecular complexity index is 552. The van der Waals surface area contributed by atoms with Gasteiger partial charge in [0, 0.05) is 0 Å². The highest BCUT2D eigenvalue weighted by atomic mass is 14.5. The number of hydrogen-bond donors (Lipinski definition) is 0. The molecule has 0 saturated heterocycles. The molecule has 0 heterocycles. The van der Waals surface area contributed by atoms with Gasteiger partial charge in [-0.15, -0.1) is 0 Å². The van der Waals surface area contributed by atoms with Gasteiger partial charge in [0.1, 0.15) is 0 Å². The second-order valence-electron chi connectivity index (χ2n) is 6.84. The highest BCUT2D eigenvalue weighted by Gasteiger charge is 2.44. The summed E-state index contributed by atoms with van der Waals surface area (Å²) in [7, 11) is 0. The van der Waals surface area contributed by atoms with Gasteiger partial charge in [0.05, 0.1) is 0 Å². The van der Waals surface area contributed by atoms with Crippen molar-refractivity contribution in [3.63, 3.8) is 0 Å². The van der Waals surface area contributed by atoms with Crippen LogP contribution in [0, 0.1) is 0 Å². The fraction of sp³-hybridized carbons (Fsp3) is 0.400. The van der Waals surface area contributed by atoms with Gasteiger partial charge in [-0.2, -0.15) is 0 Å². The first-order valence-electron chi connectivity index (χ1n) is 8.11. The first kappa shape index (κ1) is 11.1. The summed E-state index contributed by atoms with van der Waals surface area (Å²) in [6, 6.07) is 18.6. The van der Waals surface area contributed by atoms with Crippen LogP contribution in [0.3, 0.4) is 0 Å². The van der Waals surface area contributed by atoms with Gasteiger partial charge in [0.25, 0.3) is 0 Å². The van der Waals surface area contributed by atoms with Crippen LogP contribution >= 0.6 is 0 Å². The average molecular weight is 260 g/mol. The van der Waals surface area contributed by atoms with E-state index in [1.165, 1.54) is 25.7 Å². The summed E-state index contributed by atoms with van der Waals surface area (Å²) < 4.78 is 0. The Kier molecular flexibility index (Phi) is 2.21. The van der Waals surface area contributed by atoms with Gasteiger partial charge in [-0.05, 0) is 71.6 Å². The summed E-state index contributed by atoms with van der Waals surface area (Å²) in [5, 5.41) is 0. The fourth-order valence-corrected chi connectivity index (χ4v) is 4.86. The smallest absolute Gasteiger partial charge is 0.00899 e. The van der Waals surface area contributed by atoms with E-state index in [1.807, 2.05) is 0 Å². The van der Waals surface area contributed by atoms with Gasteiger partial charge >= 0.3 is 0 Å². The van der Waals surface area contributed by atoms with E-state index in [9.17, 15) is 0 Å². The van der Waals surface area contributed by atoms with Crippen molar-refractivity contribution in [1.82, 2.24) is 0 Å². The normalized spacial score (nSPS) is 33.2. The predicted molar refractivity (Wildman–Crippen MR) is 82.3 cm³/mol. The third kappa shape index (κ3) is 1.32. The molecule has 0 unspecified atom stereocenters. The first-order chi connectivity index (χ1) is 9.93. The molecule has 2 aromatic carbocycles. The lowest BCUT2D eigenvalue weighted by Gasteiger charge is -2.48. The van der Waals surface area contributed by atoms with Gasteiger partial charge in [-0.3, -0.25) is 0 Å². The Balaban J connectivity index is 1.74. The largest absolute Gasteiger partial charge is 0.0620 e. The maximum atomic E-state index is 2.41. The molecule has 0 radical (unpaired) electrons. The zero-order valence-electron chi connectivity index (χ0n) is 11.8. The minimum atomic E-state index is 0.786. The van der Waals surface area contributed by atoms with Gasteiger partial charge in [-0.1, -0.05) is 48.5 Å². The molecule has 0 aliphatic heterocycles. The molecule has 0 heteroatoms. The second-order valence-corrected chi connectivity index (χ2v) is 6.84. The van der Waals surface area contributed by atoms with Crippen molar-refractivity contribution < 1.29 is 0 Å². The molecule has 0 bridgehead atoms. The van der Waals surface area contributed by atoms with Crippen molar-refractivity contribution in [2.75, 3.05) is 0 Å². The van der Waals surface area contributed by atoms with E-state index in [2.05, 4.69) is 48.5 Å². The van der Waals surface area contributed by atoms with Crippen molar-refractivity contribution in [3.05, 3.63) is 70.8 Å². The van der Waals surface area contributed by atoms with Crippen LogP contribution in [0.25, 0.3) is 0 Å². The minimum absolute atomic E-state index is 0.786. The Hall–Kier alpha value is -1.56. The summed E-state index contributed by atoms with van der Waals surface area (Å²) in [5.74, 6) is 3.14. The average Bonchev–Trinajstić information content (AvgIpc) is 2.40. The highest BCUT2D eigenvalue weighted by Crippen LogP contribution is 2.60. The molecule has 3 aliphatic rings. The van der Waals surface area contributed by atoms with E-state index < -0.39 is 0 Å².